The van der Waals surface area contributed by atoms with Crippen molar-refractivity contribution in [2.75, 3.05) is 0 Å². The van der Waals surface area contributed by atoms with Gasteiger partial charge in [0.1, 0.15) is 11.3 Å². The molecule has 252 valence electrons. The van der Waals surface area contributed by atoms with E-state index in [0.29, 0.717) is 0 Å². The SMILES string of the molecule is CCCCCCCCCCCCCCCCCC.CCCCCCCCCCCCCCCc1ccc(C(=O)O)c(O)c1. The van der Waals surface area contributed by atoms with E-state index >= 15 is 0 Å². The van der Waals surface area contributed by atoms with E-state index in [1.54, 1.807) is 6.07 Å². The molecule has 0 fully saturated rings. The number of rotatable bonds is 30. The number of hydrogen-bond acceptors (Lipinski definition) is 2. The molecular formula is C40H74O3. The number of phenols is 1. The molecule has 1 rings (SSSR count). The number of benzene rings is 1. The molecule has 1 aromatic rings. The quantitative estimate of drug-likeness (QED) is 0.0861. The van der Waals surface area contributed by atoms with Crippen molar-refractivity contribution in [2.24, 2.45) is 0 Å². The third-order valence-electron chi connectivity index (χ3n) is 8.82. The van der Waals surface area contributed by atoms with Crippen LogP contribution in [0.4, 0.5) is 0 Å². The Bertz CT molecular complexity index is 698. The van der Waals surface area contributed by atoms with Gasteiger partial charge in [0.05, 0.1) is 0 Å². The van der Waals surface area contributed by atoms with E-state index in [2.05, 4.69) is 20.8 Å². The summed E-state index contributed by atoms with van der Waals surface area (Å²) >= 11 is 0. The number of hydrogen-bond donors (Lipinski definition) is 2. The molecule has 0 saturated carbocycles. The summed E-state index contributed by atoms with van der Waals surface area (Å²) in [6.45, 7) is 6.85. The van der Waals surface area contributed by atoms with Gasteiger partial charge in [-0.05, 0) is 30.5 Å². The molecule has 3 nitrogen and oxygen atoms in total. The van der Waals surface area contributed by atoms with Crippen LogP contribution >= 0.6 is 0 Å². The number of carboxylic acids is 1. The molecule has 0 heterocycles. The van der Waals surface area contributed by atoms with Crippen LogP contribution in [0.25, 0.3) is 0 Å². The van der Waals surface area contributed by atoms with Crippen molar-refractivity contribution in [1.82, 2.24) is 0 Å². The molecule has 0 unspecified atom stereocenters. The molecule has 0 amide bonds. The van der Waals surface area contributed by atoms with Crippen LogP contribution in [0.2, 0.25) is 0 Å². The number of carbonyl (C=O) groups is 1. The van der Waals surface area contributed by atoms with Gasteiger partial charge in [0.15, 0.2) is 0 Å². The topological polar surface area (TPSA) is 57.5 Å². The van der Waals surface area contributed by atoms with Crippen LogP contribution in [0.1, 0.15) is 223 Å². The van der Waals surface area contributed by atoms with Gasteiger partial charge in [-0.1, -0.05) is 207 Å². The van der Waals surface area contributed by atoms with Gasteiger partial charge in [-0.25, -0.2) is 4.79 Å². The highest BCUT2D eigenvalue weighted by Gasteiger charge is 2.09. The van der Waals surface area contributed by atoms with Crippen LogP contribution in [0.15, 0.2) is 18.2 Å². The zero-order chi connectivity index (χ0) is 31.6. The highest BCUT2D eigenvalue weighted by Crippen LogP contribution is 2.21. The van der Waals surface area contributed by atoms with Crippen molar-refractivity contribution in [1.29, 1.82) is 0 Å². The molecular weight excluding hydrogens is 528 g/mol. The maximum Gasteiger partial charge on any atom is 0.339 e. The van der Waals surface area contributed by atoms with Gasteiger partial charge in [-0.15, -0.1) is 0 Å². The second-order valence-corrected chi connectivity index (χ2v) is 13.1. The van der Waals surface area contributed by atoms with Crippen LogP contribution in [0, 0.1) is 0 Å². The Kier molecular flexibility index (Phi) is 32.2. The molecule has 0 bridgehead atoms. The molecule has 0 spiro atoms. The van der Waals surface area contributed by atoms with Gasteiger partial charge in [0.2, 0.25) is 0 Å². The van der Waals surface area contributed by atoms with E-state index in [1.165, 1.54) is 186 Å². The first-order valence-corrected chi connectivity index (χ1v) is 19.1. The summed E-state index contributed by atoms with van der Waals surface area (Å²) in [6, 6.07) is 4.89. The van der Waals surface area contributed by atoms with Gasteiger partial charge < -0.3 is 10.2 Å². The average Bonchev–Trinajstić information content (AvgIpc) is 3.00. The number of carboxylic acid groups (broad SMARTS) is 1. The maximum absolute atomic E-state index is 10.9. The fourth-order valence-electron chi connectivity index (χ4n) is 5.88. The van der Waals surface area contributed by atoms with Gasteiger partial charge >= 0.3 is 5.97 Å². The van der Waals surface area contributed by atoms with E-state index in [-0.39, 0.29) is 11.3 Å². The lowest BCUT2D eigenvalue weighted by Crippen LogP contribution is -1.97. The van der Waals surface area contributed by atoms with Crippen molar-refractivity contribution in [3.05, 3.63) is 29.3 Å². The Labute approximate surface area is 269 Å². The van der Waals surface area contributed by atoms with E-state index < -0.39 is 5.97 Å². The van der Waals surface area contributed by atoms with E-state index in [1.807, 2.05) is 6.07 Å². The van der Waals surface area contributed by atoms with E-state index in [9.17, 15) is 9.90 Å². The molecule has 0 aromatic heterocycles. The third kappa shape index (κ3) is 29.0. The second-order valence-electron chi connectivity index (χ2n) is 13.1. The Hall–Kier alpha value is -1.51. The predicted octanol–water partition coefficient (Wildman–Crippen LogP) is 14.0. The molecule has 2 N–H and O–H groups in total. The largest absolute Gasteiger partial charge is 0.507 e. The summed E-state index contributed by atoms with van der Waals surface area (Å²) in [5.74, 6) is -1.20. The standard InChI is InChI=1S/C22H36O3.C18H38/c1-2-3-4-5-6-7-8-9-10-11-12-13-14-15-19-16-17-20(22(24)25)21(23)18-19;1-3-5-7-9-11-13-15-17-18-16-14-12-10-8-6-4-2/h16-18,23H,2-15H2,1H3,(H,24,25);3-18H2,1-2H3. The summed E-state index contributed by atoms with van der Waals surface area (Å²) in [6.07, 6.45) is 41.7. The molecule has 0 saturated heterocycles. The molecule has 0 atom stereocenters. The first-order valence-electron chi connectivity index (χ1n) is 19.1. The Morgan fingerprint density at radius 1 is 0.465 bits per heavy atom. The van der Waals surface area contributed by atoms with Crippen LogP contribution < -0.4 is 0 Å². The van der Waals surface area contributed by atoms with Crippen molar-refractivity contribution in [3.8, 4) is 5.75 Å². The van der Waals surface area contributed by atoms with Crippen LogP contribution in [0.5, 0.6) is 5.75 Å². The van der Waals surface area contributed by atoms with Gasteiger partial charge in [-0.3, -0.25) is 0 Å². The number of unbranched alkanes of at least 4 members (excludes halogenated alkanes) is 27. The first-order chi connectivity index (χ1) is 21.1. The summed E-state index contributed by atoms with van der Waals surface area (Å²) in [7, 11) is 0. The van der Waals surface area contributed by atoms with Crippen molar-refractivity contribution < 1.29 is 15.0 Å². The molecule has 43 heavy (non-hydrogen) atoms. The summed E-state index contributed by atoms with van der Waals surface area (Å²) in [5.41, 5.74) is 1.000. The van der Waals surface area contributed by atoms with Gasteiger partial charge in [-0.2, -0.15) is 0 Å². The number of aryl methyl sites for hydroxylation is 1. The van der Waals surface area contributed by atoms with Crippen molar-refractivity contribution in [3.63, 3.8) is 0 Å². The minimum absolute atomic E-state index is 0.0193. The molecule has 3 heteroatoms. The van der Waals surface area contributed by atoms with Crippen LogP contribution in [0.3, 0.4) is 0 Å². The minimum atomic E-state index is -1.08. The van der Waals surface area contributed by atoms with Crippen molar-refractivity contribution in [2.45, 2.75) is 213 Å². The highest BCUT2D eigenvalue weighted by atomic mass is 16.4. The molecule has 0 aliphatic rings. The first kappa shape index (κ1) is 41.5. The fourth-order valence-corrected chi connectivity index (χ4v) is 5.88. The Balaban J connectivity index is 0.000000869. The molecule has 0 aliphatic carbocycles. The smallest absolute Gasteiger partial charge is 0.339 e. The van der Waals surface area contributed by atoms with Crippen LogP contribution in [-0.2, 0) is 6.42 Å². The highest BCUT2D eigenvalue weighted by molar-refractivity contribution is 5.90. The summed E-state index contributed by atoms with van der Waals surface area (Å²) in [4.78, 5) is 10.9. The zero-order valence-electron chi connectivity index (χ0n) is 29.2. The summed E-state index contributed by atoms with van der Waals surface area (Å²) < 4.78 is 0. The van der Waals surface area contributed by atoms with E-state index in [4.69, 9.17) is 5.11 Å². The van der Waals surface area contributed by atoms with Crippen molar-refractivity contribution >= 4 is 5.97 Å². The monoisotopic (exact) mass is 603 g/mol. The molecule has 0 radical (unpaired) electrons. The predicted molar refractivity (Wildman–Crippen MR) is 190 cm³/mol. The van der Waals surface area contributed by atoms with Gasteiger partial charge in [0, 0.05) is 0 Å². The van der Waals surface area contributed by atoms with Crippen LogP contribution in [-0.4, -0.2) is 16.2 Å². The lowest BCUT2D eigenvalue weighted by Gasteiger charge is -2.05. The Morgan fingerprint density at radius 2 is 0.744 bits per heavy atom. The zero-order valence-corrected chi connectivity index (χ0v) is 29.2. The number of aromatic hydroxyl groups is 1. The maximum atomic E-state index is 10.9. The lowest BCUT2D eigenvalue weighted by atomic mass is 10.0. The Morgan fingerprint density at radius 3 is 1.00 bits per heavy atom. The third-order valence-corrected chi connectivity index (χ3v) is 8.82. The normalized spacial score (nSPS) is 11.0. The molecule has 0 aliphatic heterocycles. The molecule has 1 aromatic carbocycles. The average molecular weight is 603 g/mol. The van der Waals surface area contributed by atoms with E-state index in [0.717, 1.165) is 18.4 Å². The number of aromatic carboxylic acids is 1. The minimum Gasteiger partial charge on any atom is -0.507 e. The fraction of sp³-hybridized carbons (Fsp3) is 0.825. The van der Waals surface area contributed by atoms with Gasteiger partial charge in [0.25, 0.3) is 0 Å². The lowest BCUT2D eigenvalue weighted by molar-refractivity contribution is 0.0693. The second kappa shape index (κ2) is 33.4. The summed E-state index contributed by atoms with van der Waals surface area (Å²) in [5, 5.41) is 18.6.